The molecule has 0 spiro atoms. The van der Waals surface area contributed by atoms with Crippen molar-refractivity contribution in [2.45, 2.75) is 19.5 Å². The third kappa shape index (κ3) is 5.06. The van der Waals surface area contributed by atoms with Crippen LogP contribution in [0.25, 0.3) is 0 Å². The van der Waals surface area contributed by atoms with E-state index in [1.54, 1.807) is 55.8 Å². The van der Waals surface area contributed by atoms with Crippen molar-refractivity contribution in [3.8, 4) is 11.5 Å². The molecule has 170 valence electrons. The predicted octanol–water partition coefficient (Wildman–Crippen LogP) is 3.62. The van der Waals surface area contributed by atoms with Crippen molar-refractivity contribution < 1.29 is 19.1 Å². The number of carbonyl (C=O) groups is 2. The fraction of sp³-hybridized carbons (Fsp3) is 0.240. The number of carbonyl (C=O) groups excluding carboxylic acids is 2. The molecule has 8 heteroatoms. The quantitative estimate of drug-likeness (QED) is 0.603. The Morgan fingerprint density at radius 1 is 1.03 bits per heavy atom. The summed E-state index contributed by atoms with van der Waals surface area (Å²) in [5.74, 6) is 1.05. The first-order valence-corrected chi connectivity index (χ1v) is 10.6. The maximum absolute atomic E-state index is 13.0. The van der Waals surface area contributed by atoms with Gasteiger partial charge in [-0.1, -0.05) is 18.2 Å². The summed E-state index contributed by atoms with van der Waals surface area (Å²) in [4.78, 5) is 31.6. The fourth-order valence-corrected chi connectivity index (χ4v) is 3.82. The van der Waals surface area contributed by atoms with Crippen molar-refractivity contribution in [3.63, 3.8) is 0 Å². The number of hydrogen-bond donors (Lipinski definition) is 2. The topological polar surface area (TPSA) is 92.8 Å². The SMILES string of the molecule is COc1cc2c(cc1OC)CN(C(=O)Nc1ccccc1C(=O)NCc1cccnc1)CC2. The summed E-state index contributed by atoms with van der Waals surface area (Å²) in [7, 11) is 3.20. The van der Waals surface area contributed by atoms with Crippen LogP contribution in [0.4, 0.5) is 10.5 Å². The molecule has 0 saturated heterocycles. The number of hydrogen-bond acceptors (Lipinski definition) is 5. The average Bonchev–Trinajstić information content (AvgIpc) is 2.86. The highest BCUT2D eigenvalue weighted by Crippen LogP contribution is 2.33. The molecule has 0 unspecified atom stereocenters. The van der Waals surface area contributed by atoms with Gasteiger partial charge in [-0.3, -0.25) is 9.78 Å². The Labute approximate surface area is 192 Å². The Morgan fingerprint density at radius 2 is 1.79 bits per heavy atom. The molecule has 0 fully saturated rings. The zero-order valence-corrected chi connectivity index (χ0v) is 18.6. The number of nitrogens with one attached hydrogen (secondary N) is 2. The molecule has 3 amide bonds. The predicted molar refractivity (Wildman–Crippen MR) is 125 cm³/mol. The number of methoxy groups -OCH3 is 2. The lowest BCUT2D eigenvalue weighted by Gasteiger charge is -2.30. The van der Waals surface area contributed by atoms with Gasteiger partial charge >= 0.3 is 6.03 Å². The molecule has 0 radical (unpaired) electrons. The molecule has 8 nitrogen and oxygen atoms in total. The molecule has 0 aliphatic carbocycles. The van der Waals surface area contributed by atoms with E-state index in [0.29, 0.717) is 48.8 Å². The second-order valence-electron chi connectivity index (χ2n) is 7.67. The van der Waals surface area contributed by atoms with Crippen LogP contribution >= 0.6 is 0 Å². The zero-order chi connectivity index (χ0) is 23.2. The monoisotopic (exact) mass is 446 g/mol. The van der Waals surface area contributed by atoms with E-state index in [1.807, 2.05) is 24.3 Å². The lowest BCUT2D eigenvalue weighted by atomic mass is 9.99. The molecule has 0 atom stereocenters. The fourth-order valence-electron chi connectivity index (χ4n) is 3.82. The Balaban J connectivity index is 1.44. The number of urea groups is 1. The number of rotatable bonds is 6. The van der Waals surface area contributed by atoms with Crippen LogP contribution in [-0.4, -0.2) is 42.6 Å². The molecule has 0 saturated carbocycles. The van der Waals surface area contributed by atoms with E-state index in [0.717, 1.165) is 16.7 Å². The highest BCUT2D eigenvalue weighted by Gasteiger charge is 2.24. The van der Waals surface area contributed by atoms with Gasteiger partial charge < -0.3 is 25.0 Å². The molecule has 1 aliphatic heterocycles. The number of anilines is 1. The molecule has 33 heavy (non-hydrogen) atoms. The number of fused-ring (bicyclic) bond motifs is 1. The van der Waals surface area contributed by atoms with Crippen molar-refractivity contribution in [3.05, 3.63) is 83.2 Å². The standard InChI is InChI=1S/C25H26N4O4/c1-32-22-12-18-9-11-29(16-19(18)13-23(22)33-2)25(31)28-21-8-4-3-7-20(21)24(30)27-15-17-6-5-10-26-14-17/h3-8,10,12-14H,9,11,15-16H2,1-2H3,(H,27,30)(H,28,31). The second-order valence-corrected chi connectivity index (χ2v) is 7.67. The first-order valence-electron chi connectivity index (χ1n) is 10.6. The molecular formula is C25H26N4O4. The molecule has 3 aromatic rings. The molecule has 1 aromatic heterocycles. The molecule has 2 aromatic carbocycles. The van der Waals surface area contributed by atoms with Crippen molar-refractivity contribution in [1.29, 1.82) is 0 Å². The summed E-state index contributed by atoms with van der Waals surface area (Å²) in [6.45, 7) is 1.35. The van der Waals surface area contributed by atoms with Crippen molar-refractivity contribution >= 4 is 17.6 Å². The number of nitrogens with zero attached hydrogens (tertiary/aromatic N) is 2. The van der Waals surface area contributed by atoms with E-state index in [-0.39, 0.29) is 11.9 Å². The van der Waals surface area contributed by atoms with E-state index in [4.69, 9.17) is 9.47 Å². The van der Waals surface area contributed by atoms with Gasteiger partial charge in [0.15, 0.2) is 11.5 Å². The molecule has 0 bridgehead atoms. The van der Waals surface area contributed by atoms with Gasteiger partial charge in [-0.05, 0) is 53.4 Å². The summed E-state index contributed by atoms with van der Waals surface area (Å²) >= 11 is 0. The number of aromatic nitrogens is 1. The van der Waals surface area contributed by atoms with E-state index in [1.165, 1.54) is 0 Å². The first kappa shape index (κ1) is 22.1. The van der Waals surface area contributed by atoms with Gasteiger partial charge in [0.25, 0.3) is 5.91 Å². The number of pyridine rings is 1. The van der Waals surface area contributed by atoms with Crippen LogP contribution in [0.15, 0.2) is 60.9 Å². The number of amides is 3. The van der Waals surface area contributed by atoms with E-state index < -0.39 is 0 Å². The van der Waals surface area contributed by atoms with Crippen molar-refractivity contribution in [2.24, 2.45) is 0 Å². The summed E-state index contributed by atoms with van der Waals surface area (Å²) in [5.41, 5.74) is 3.90. The molecule has 2 N–H and O–H groups in total. The first-order chi connectivity index (χ1) is 16.1. The van der Waals surface area contributed by atoms with Crippen LogP contribution < -0.4 is 20.1 Å². The molecular weight excluding hydrogens is 420 g/mol. The average molecular weight is 447 g/mol. The van der Waals surface area contributed by atoms with Gasteiger partial charge in [0, 0.05) is 32.0 Å². The minimum Gasteiger partial charge on any atom is -0.493 e. The normalized spacial score (nSPS) is 12.5. The van der Waals surface area contributed by atoms with Crippen LogP contribution in [0.2, 0.25) is 0 Å². The van der Waals surface area contributed by atoms with Gasteiger partial charge in [-0.2, -0.15) is 0 Å². The second kappa shape index (κ2) is 10.0. The summed E-state index contributed by atoms with van der Waals surface area (Å²) in [6.07, 6.45) is 4.09. The van der Waals surface area contributed by atoms with Gasteiger partial charge in [-0.25, -0.2) is 4.79 Å². The minimum atomic E-state index is -0.268. The van der Waals surface area contributed by atoms with Crippen LogP contribution in [0.3, 0.4) is 0 Å². The van der Waals surface area contributed by atoms with Gasteiger partial charge in [0.1, 0.15) is 0 Å². The number of ether oxygens (including phenoxy) is 2. The lowest BCUT2D eigenvalue weighted by molar-refractivity contribution is 0.0951. The minimum absolute atomic E-state index is 0.261. The van der Waals surface area contributed by atoms with E-state index in [2.05, 4.69) is 15.6 Å². The van der Waals surface area contributed by atoms with Crippen LogP contribution in [-0.2, 0) is 19.5 Å². The largest absolute Gasteiger partial charge is 0.493 e. The molecule has 2 heterocycles. The van der Waals surface area contributed by atoms with E-state index >= 15 is 0 Å². The van der Waals surface area contributed by atoms with Crippen molar-refractivity contribution in [1.82, 2.24) is 15.2 Å². The maximum Gasteiger partial charge on any atom is 0.322 e. The van der Waals surface area contributed by atoms with Gasteiger partial charge in [0.05, 0.1) is 25.5 Å². The summed E-state index contributed by atoms with van der Waals surface area (Å²) < 4.78 is 10.8. The Kier molecular flexibility index (Phi) is 6.73. The van der Waals surface area contributed by atoms with Gasteiger partial charge in [-0.15, -0.1) is 0 Å². The smallest absolute Gasteiger partial charge is 0.322 e. The summed E-state index contributed by atoms with van der Waals surface area (Å²) in [6, 6.07) is 14.3. The highest BCUT2D eigenvalue weighted by molar-refractivity contribution is 6.03. The highest BCUT2D eigenvalue weighted by atomic mass is 16.5. The lowest BCUT2D eigenvalue weighted by Crippen LogP contribution is -2.39. The van der Waals surface area contributed by atoms with Crippen LogP contribution in [0.5, 0.6) is 11.5 Å². The van der Waals surface area contributed by atoms with Gasteiger partial charge in [0.2, 0.25) is 0 Å². The third-order valence-electron chi connectivity index (χ3n) is 5.59. The maximum atomic E-state index is 13.0. The van der Waals surface area contributed by atoms with Crippen LogP contribution in [0.1, 0.15) is 27.0 Å². The summed E-state index contributed by atoms with van der Waals surface area (Å²) in [5, 5.41) is 5.77. The Morgan fingerprint density at radius 3 is 2.52 bits per heavy atom. The Bertz CT molecular complexity index is 1150. The zero-order valence-electron chi connectivity index (χ0n) is 18.6. The number of benzene rings is 2. The van der Waals surface area contributed by atoms with Crippen molar-refractivity contribution in [2.75, 3.05) is 26.1 Å². The molecule has 1 aliphatic rings. The number of para-hydroxylation sites is 1. The molecule has 4 rings (SSSR count). The Hall–Kier alpha value is -4.07. The van der Waals surface area contributed by atoms with E-state index in [9.17, 15) is 9.59 Å². The third-order valence-corrected chi connectivity index (χ3v) is 5.59. The van der Waals surface area contributed by atoms with Crippen LogP contribution in [0, 0.1) is 0 Å².